The number of rotatable bonds is 15. The van der Waals surface area contributed by atoms with Gasteiger partial charge in [-0.2, -0.15) is 0 Å². The normalized spacial score (nSPS) is 14.2. The Morgan fingerprint density at radius 3 is 2.48 bits per heavy atom. The molecule has 1 unspecified atom stereocenters. The summed E-state index contributed by atoms with van der Waals surface area (Å²) in [4.78, 5) is 42.2. The van der Waals surface area contributed by atoms with Gasteiger partial charge in [0.05, 0.1) is 22.5 Å². The number of aromatic nitrogens is 1. The highest BCUT2D eigenvalue weighted by Crippen LogP contribution is 2.34. The van der Waals surface area contributed by atoms with E-state index in [-0.39, 0.29) is 48.9 Å². The van der Waals surface area contributed by atoms with E-state index in [1.54, 1.807) is 30.3 Å². The topological polar surface area (TPSA) is 163 Å². The Bertz CT molecular complexity index is 1480. The van der Waals surface area contributed by atoms with Crippen LogP contribution in [0.25, 0.3) is 21.3 Å². The number of nitrogens with one attached hydrogen (secondary N) is 2. The summed E-state index contributed by atoms with van der Waals surface area (Å²) in [5.74, 6) is -1.64. The minimum atomic E-state index is -4.04. The summed E-state index contributed by atoms with van der Waals surface area (Å²) in [5, 5.41) is 21.8. The number of Topliss-reactive ketones (excluding diaryl/α,β-unsaturated/α-hetero) is 1. The zero-order chi connectivity index (χ0) is 28.7. The molecule has 0 aliphatic heterocycles. The number of sulfone groups is 1. The van der Waals surface area contributed by atoms with E-state index in [1.165, 1.54) is 0 Å². The van der Waals surface area contributed by atoms with Crippen molar-refractivity contribution in [1.82, 2.24) is 15.6 Å². The molecule has 1 heterocycles. The molecule has 0 saturated heterocycles. The number of benzene rings is 2. The summed E-state index contributed by atoms with van der Waals surface area (Å²) < 4.78 is 27.0. The second-order valence-corrected chi connectivity index (χ2v) is 13.1. The molecule has 1 aliphatic carbocycles. The van der Waals surface area contributed by atoms with Crippen LogP contribution in [0.1, 0.15) is 59.1 Å². The lowest BCUT2D eigenvalue weighted by Crippen LogP contribution is -2.41. The van der Waals surface area contributed by atoms with Crippen molar-refractivity contribution in [2.45, 2.75) is 49.8 Å². The van der Waals surface area contributed by atoms with Gasteiger partial charge >= 0.3 is 0 Å². The van der Waals surface area contributed by atoms with Crippen LogP contribution in [0.4, 0.5) is 0 Å². The molecule has 12 heteroatoms. The Balaban J connectivity index is 1.59. The Morgan fingerprint density at radius 2 is 1.75 bits per heavy atom. The summed E-state index contributed by atoms with van der Waals surface area (Å²) in [6.07, 6.45) is 3.26. The van der Waals surface area contributed by atoms with E-state index in [1.807, 2.05) is 12.1 Å². The molecule has 214 valence electrons. The molecule has 4 rings (SSSR count). The maximum Gasteiger partial charge on any atom is 0.245 e. The lowest BCUT2D eigenvalue weighted by molar-refractivity contribution is -0.126. The molecule has 1 fully saturated rings. The number of aliphatic hydroxyl groups excluding tert-OH is 2. The second kappa shape index (κ2) is 13.4. The minimum absolute atomic E-state index is 0.0138. The van der Waals surface area contributed by atoms with Crippen molar-refractivity contribution < 1.29 is 33.0 Å². The Labute approximate surface area is 236 Å². The summed E-state index contributed by atoms with van der Waals surface area (Å²) in [6, 6.07) is 12.7. The number of carbonyl (C=O) groups is 3. The van der Waals surface area contributed by atoms with Gasteiger partial charge in [-0.25, -0.2) is 13.4 Å². The first-order chi connectivity index (χ1) is 19.2. The third kappa shape index (κ3) is 7.72. The van der Waals surface area contributed by atoms with Gasteiger partial charge in [0.25, 0.3) is 0 Å². The lowest BCUT2D eigenvalue weighted by atomic mass is 9.99. The predicted octanol–water partition coefficient (Wildman–Crippen LogP) is 2.54. The smallest absolute Gasteiger partial charge is 0.245 e. The van der Waals surface area contributed by atoms with Gasteiger partial charge in [0, 0.05) is 31.2 Å². The molecule has 1 aliphatic rings. The quantitative estimate of drug-likeness (QED) is 0.156. The van der Waals surface area contributed by atoms with E-state index >= 15 is 0 Å². The number of amides is 2. The number of fused-ring (bicyclic) bond motifs is 1. The summed E-state index contributed by atoms with van der Waals surface area (Å²) in [7, 11) is -4.04. The number of thiazole rings is 1. The first-order valence-electron chi connectivity index (χ1n) is 13.3. The van der Waals surface area contributed by atoms with Gasteiger partial charge in [0.15, 0.2) is 20.9 Å². The van der Waals surface area contributed by atoms with E-state index < -0.39 is 26.7 Å². The molecule has 1 saturated carbocycles. The Hall–Kier alpha value is -3.19. The standard InChI is InChI=1S/C28H33N3O7S2/c32-12-2-1-7-23(34)20-6-3-5-18(15-20)19-8-11-24-22(16-19)31-28(39-24)26(40(37,38)14-4-13-33)27(36)29-17-25(35)30-21-9-10-21/h3,5-6,8,11,15-16,21,26,32-33H,1-2,4,7,9-10,12-14,17H2,(H,29,36)(H,30,35). The van der Waals surface area contributed by atoms with Gasteiger partial charge in [-0.05, 0) is 61.4 Å². The Morgan fingerprint density at radius 1 is 1.00 bits per heavy atom. The molecular formula is C28H33N3O7S2. The zero-order valence-corrected chi connectivity index (χ0v) is 23.6. The highest BCUT2D eigenvalue weighted by Gasteiger charge is 2.37. The van der Waals surface area contributed by atoms with Crippen molar-refractivity contribution in [3.8, 4) is 11.1 Å². The molecule has 2 aromatic carbocycles. The molecule has 4 N–H and O–H groups in total. The monoisotopic (exact) mass is 587 g/mol. The van der Waals surface area contributed by atoms with Gasteiger partial charge in [-0.15, -0.1) is 11.3 Å². The number of hydrogen-bond acceptors (Lipinski definition) is 9. The first-order valence-corrected chi connectivity index (χ1v) is 15.8. The van der Waals surface area contributed by atoms with Gasteiger partial charge in [0.1, 0.15) is 5.01 Å². The molecule has 0 radical (unpaired) electrons. The summed E-state index contributed by atoms with van der Waals surface area (Å²) in [6.45, 7) is -0.640. The van der Waals surface area contributed by atoms with Crippen LogP contribution >= 0.6 is 11.3 Å². The van der Waals surface area contributed by atoms with Crippen LogP contribution in [0.15, 0.2) is 42.5 Å². The van der Waals surface area contributed by atoms with Gasteiger partial charge in [-0.1, -0.05) is 24.3 Å². The van der Waals surface area contributed by atoms with Crippen LogP contribution in [0.3, 0.4) is 0 Å². The zero-order valence-electron chi connectivity index (χ0n) is 22.0. The third-order valence-corrected chi connectivity index (χ3v) is 9.77. The van der Waals surface area contributed by atoms with E-state index in [0.29, 0.717) is 35.0 Å². The average Bonchev–Trinajstić information content (AvgIpc) is 3.66. The van der Waals surface area contributed by atoms with Crippen LogP contribution < -0.4 is 10.6 Å². The Kier molecular flexibility index (Phi) is 10.0. The largest absolute Gasteiger partial charge is 0.396 e. The fourth-order valence-electron chi connectivity index (χ4n) is 4.23. The van der Waals surface area contributed by atoms with Crippen LogP contribution in [0.2, 0.25) is 0 Å². The van der Waals surface area contributed by atoms with Gasteiger partial charge in [0.2, 0.25) is 11.8 Å². The predicted molar refractivity (Wildman–Crippen MR) is 153 cm³/mol. The molecule has 1 aromatic heterocycles. The van der Waals surface area contributed by atoms with Crippen LogP contribution in [0, 0.1) is 0 Å². The lowest BCUT2D eigenvalue weighted by Gasteiger charge is -2.15. The van der Waals surface area contributed by atoms with E-state index in [2.05, 4.69) is 15.6 Å². The van der Waals surface area contributed by atoms with Crippen LogP contribution in [-0.4, -0.2) is 72.8 Å². The number of nitrogens with zero attached hydrogens (tertiary/aromatic N) is 1. The number of hydrogen-bond donors (Lipinski definition) is 4. The highest BCUT2D eigenvalue weighted by molar-refractivity contribution is 7.92. The van der Waals surface area contributed by atoms with Crippen molar-refractivity contribution in [2.75, 3.05) is 25.5 Å². The number of unbranched alkanes of at least 4 members (excludes halogenated alkanes) is 1. The molecule has 0 bridgehead atoms. The van der Waals surface area contributed by atoms with Gasteiger partial charge in [-0.3, -0.25) is 14.4 Å². The molecule has 3 aromatic rings. The van der Waals surface area contributed by atoms with Crippen molar-refractivity contribution >= 4 is 49.0 Å². The van der Waals surface area contributed by atoms with Gasteiger partial charge < -0.3 is 20.8 Å². The molecule has 1 atom stereocenters. The van der Waals surface area contributed by atoms with E-state index in [9.17, 15) is 27.9 Å². The average molecular weight is 588 g/mol. The highest BCUT2D eigenvalue weighted by atomic mass is 32.2. The first kappa shape index (κ1) is 29.8. The molecular weight excluding hydrogens is 554 g/mol. The van der Waals surface area contributed by atoms with Crippen LogP contribution in [0.5, 0.6) is 0 Å². The molecule has 2 amide bonds. The van der Waals surface area contributed by atoms with Crippen molar-refractivity contribution in [3.05, 3.63) is 53.0 Å². The van der Waals surface area contributed by atoms with Crippen molar-refractivity contribution in [1.29, 1.82) is 0 Å². The maximum absolute atomic E-state index is 13.2. The van der Waals surface area contributed by atoms with Crippen LogP contribution in [-0.2, 0) is 19.4 Å². The number of aliphatic hydroxyl groups is 2. The molecule has 10 nitrogen and oxygen atoms in total. The second-order valence-electron chi connectivity index (χ2n) is 9.80. The minimum Gasteiger partial charge on any atom is -0.396 e. The third-order valence-electron chi connectivity index (χ3n) is 6.51. The van der Waals surface area contributed by atoms with E-state index in [0.717, 1.165) is 35.3 Å². The molecule has 0 spiro atoms. The summed E-state index contributed by atoms with van der Waals surface area (Å²) >= 11 is 1.08. The number of carbonyl (C=O) groups excluding carboxylic acids is 3. The fraction of sp³-hybridized carbons (Fsp3) is 0.429. The van der Waals surface area contributed by atoms with Crippen molar-refractivity contribution in [3.63, 3.8) is 0 Å². The number of ketones is 1. The SMILES string of the molecule is O=C(CNC(=O)C(c1nc2cc(-c3cccc(C(=O)CCCCO)c3)ccc2s1)S(=O)(=O)CCCO)NC1CC1. The fourth-order valence-corrected chi connectivity index (χ4v) is 7.28. The maximum atomic E-state index is 13.2. The van der Waals surface area contributed by atoms with Crippen molar-refractivity contribution in [2.24, 2.45) is 0 Å². The van der Waals surface area contributed by atoms with E-state index in [4.69, 9.17) is 5.11 Å². The summed E-state index contributed by atoms with van der Waals surface area (Å²) in [5.41, 5.74) is 2.62. The molecule has 40 heavy (non-hydrogen) atoms.